The first kappa shape index (κ1) is 12.1. The molecule has 0 amide bonds. The number of Topliss-reactive ketones (excluding diaryl/α,β-unsaturated/α-hetero) is 1. The molecule has 3 aliphatic carbocycles. The molecule has 0 bridgehead atoms. The second-order valence-corrected chi connectivity index (χ2v) is 8.25. The Hall–Kier alpha value is -0.490. The fourth-order valence-electron chi connectivity index (χ4n) is 6.11. The summed E-state index contributed by atoms with van der Waals surface area (Å²) in [5.74, 6) is -0.162. The molecule has 20 heavy (non-hydrogen) atoms. The van der Waals surface area contributed by atoms with Crippen molar-refractivity contribution in [3.8, 4) is 0 Å². The standard InChI is InChI=1S/C15H20O5/c1-12(2)4-6-7(9(12)17)13(3)14(5-19-14)10(18)11-15(13,20-11)8(6)16/h6-9,11,16-17H,4-5H2,1-3H3/t6-,7-,8-,9+,11+,13+,14+,15+/m0/s1. The third-order valence-corrected chi connectivity index (χ3v) is 7.24. The molecule has 5 rings (SSSR count). The fourth-order valence-corrected chi connectivity index (χ4v) is 6.11. The van der Waals surface area contributed by atoms with E-state index < -0.39 is 34.9 Å². The zero-order valence-electron chi connectivity index (χ0n) is 11.9. The van der Waals surface area contributed by atoms with Gasteiger partial charge in [-0.1, -0.05) is 20.8 Å². The Balaban J connectivity index is 1.73. The lowest BCUT2D eigenvalue weighted by Crippen LogP contribution is -2.52. The summed E-state index contributed by atoms with van der Waals surface area (Å²) in [7, 11) is 0. The van der Waals surface area contributed by atoms with Crippen LogP contribution >= 0.6 is 0 Å². The van der Waals surface area contributed by atoms with Gasteiger partial charge in [0.15, 0.2) is 17.5 Å². The highest BCUT2D eigenvalue weighted by molar-refractivity contribution is 6.02. The maximum absolute atomic E-state index is 12.5. The van der Waals surface area contributed by atoms with Crippen LogP contribution in [0.25, 0.3) is 0 Å². The molecule has 3 saturated carbocycles. The largest absolute Gasteiger partial charge is 0.392 e. The maximum atomic E-state index is 12.5. The molecule has 2 N–H and O–H groups in total. The van der Waals surface area contributed by atoms with Crippen molar-refractivity contribution in [2.24, 2.45) is 22.7 Å². The van der Waals surface area contributed by atoms with E-state index in [4.69, 9.17) is 9.47 Å². The van der Waals surface area contributed by atoms with E-state index in [-0.39, 0.29) is 23.0 Å². The second kappa shape index (κ2) is 2.74. The highest BCUT2D eigenvalue weighted by atomic mass is 16.7. The van der Waals surface area contributed by atoms with Crippen LogP contribution in [0.2, 0.25) is 0 Å². The first-order valence-corrected chi connectivity index (χ1v) is 7.46. The Bertz CT molecular complexity index is 552. The van der Waals surface area contributed by atoms with Crippen LogP contribution in [0.15, 0.2) is 0 Å². The van der Waals surface area contributed by atoms with Crippen molar-refractivity contribution in [2.75, 3.05) is 6.61 Å². The predicted octanol–water partition coefficient (Wildman–Crippen LogP) is -0.120. The highest BCUT2D eigenvalue weighted by Crippen LogP contribution is 2.80. The van der Waals surface area contributed by atoms with Crippen LogP contribution < -0.4 is 0 Å². The van der Waals surface area contributed by atoms with Gasteiger partial charge in [-0.2, -0.15) is 0 Å². The van der Waals surface area contributed by atoms with Crippen molar-refractivity contribution < 1.29 is 24.5 Å². The predicted molar refractivity (Wildman–Crippen MR) is 66.8 cm³/mol. The van der Waals surface area contributed by atoms with Gasteiger partial charge < -0.3 is 19.7 Å². The Kier molecular flexibility index (Phi) is 1.66. The summed E-state index contributed by atoms with van der Waals surface area (Å²) >= 11 is 0. The molecule has 5 heteroatoms. The minimum atomic E-state index is -0.808. The Morgan fingerprint density at radius 1 is 1.20 bits per heavy atom. The van der Waals surface area contributed by atoms with Crippen molar-refractivity contribution in [3.63, 3.8) is 0 Å². The van der Waals surface area contributed by atoms with E-state index in [1.165, 1.54) is 0 Å². The second-order valence-electron chi connectivity index (χ2n) is 8.25. The lowest BCUT2D eigenvalue weighted by molar-refractivity contribution is -0.135. The van der Waals surface area contributed by atoms with Gasteiger partial charge in [0.05, 0.1) is 18.8 Å². The number of aliphatic hydroxyl groups is 2. The third-order valence-electron chi connectivity index (χ3n) is 7.24. The van der Waals surface area contributed by atoms with Crippen LogP contribution in [0.3, 0.4) is 0 Å². The molecular formula is C15H20O5. The van der Waals surface area contributed by atoms with Crippen LogP contribution in [0.5, 0.6) is 0 Å². The van der Waals surface area contributed by atoms with Crippen molar-refractivity contribution >= 4 is 5.78 Å². The SMILES string of the molecule is CC1(C)C[C@H]2[C@@H]([C@H]1O)[C@@]1(C)[C@@]3(O[C@@H]3C(=O)[C@]13CO3)[C@H]2O. The summed E-state index contributed by atoms with van der Waals surface area (Å²) < 4.78 is 11.3. The van der Waals surface area contributed by atoms with Crippen molar-refractivity contribution in [1.82, 2.24) is 0 Å². The molecule has 0 radical (unpaired) electrons. The summed E-state index contributed by atoms with van der Waals surface area (Å²) in [4.78, 5) is 12.5. The summed E-state index contributed by atoms with van der Waals surface area (Å²) in [5.41, 5.74) is -2.45. The minimum absolute atomic E-state index is 0.0100. The number of aliphatic hydroxyl groups excluding tert-OH is 2. The van der Waals surface area contributed by atoms with Gasteiger partial charge in [0.25, 0.3) is 0 Å². The molecule has 0 aromatic heterocycles. The topological polar surface area (TPSA) is 82.6 Å². The zero-order valence-corrected chi connectivity index (χ0v) is 11.9. The molecule has 8 atom stereocenters. The van der Waals surface area contributed by atoms with Gasteiger partial charge in [-0.05, 0) is 17.8 Å². The first-order valence-electron chi connectivity index (χ1n) is 7.46. The lowest BCUT2D eigenvalue weighted by Gasteiger charge is -2.39. The van der Waals surface area contributed by atoms with E-state index in [2.05, 4.69) is 0 Å². The van der Waals surface area contributed by atoms with Crippen LogP contribution in [0.1, 0.15) is 27.2 Å². The molecule has 0 aromatic carbocycles. The third kappa shape index (κ3) is 0.815. The molecule has 0 aromatic rings. The van der Waals surface area contributed by atoms with Crippen LogP contribution in [-0.4, -0.2) is 52.1 Å². The lowest BCUT2D eigenvalue weighted by atomic mass is 9.65. The number of fused-ring (bicyclic) bond motifs is 3. The van der Waals surface area contributed by atoms with Gasteiger partial charge in [0, 0.05) is 11.3 Å². The van der Waals surface area contributed by atoms with Crippen molar-refractivity contribution in [2.45, 2.75) is 56.7 Å². The molecule has 110 valence electrons. The highest BCUT2D eigenvalue weighted by Gasteiger charge is 2.97. The fraction of sp³-hybridized carbons (Fsp3) is 0.933. The summed E-state index contributed by atoms with van der Waals surface area (Å²) in [6.07, 6.45) is -0.974. The number of rotatable bonds is 0. The number of carbonyl (C=O) groups excluding carboxylic acids is 1. The molecule has 0 unspecified atom stereocenters. The molecule has 5 fully saturated rings. The number of hydrogen-bond acceptors (Lipinski definition) is 5. The van der Waals surface area contributed by atoms with Crippen LogP contribution in [0.4, 0.5) is 0 Å². The zero-order chi connectivity index (χ0) is 14.3. The van der Waals surface area contributed by atoms with E-state index in [1.54, 1.807) is 0 Å². The number of hydrogen-bond donors (Lipinski definition) is 2. The van der Waals surface area contributed by atoms with Gasteiger partial charge in [0.2, 0.25) is 0 Å². The normalized spacial score (nSPS) is 68.0. The monoisotopic (exact) mass is 280 g/mol. The average molecular weight is 280 g/mol. The molecule has 5 nitrogen and oxygen atoms in total. The number of ether oxygens (including phenoxy) is 2. The van der Waals surface area contributed by atoms with E-state index in [1.807, 2.05) is 20.8 Å². The first-order chi connectivity index (χ1) is 9.24. The summed E-state index contributed by atoms with van der Waals surface area (Å²) in [6, 6.07) is 0. The van der Waals surface area contributed by atoms with E-state index in [9.17, 15) is 15.0 Å². The Labute approximate surface area is 117 Å². The van der Waals surface area contributed by atoms with Gasteiger partial charge in [-0.15, -0.1) is 0 Å². The average Bonchev–Trinajstić information content (AvgIpc) is 3.24. The number of epoxide rings is 2. The molecule has 2 saturated heterocycles. The Morgan fingerprint density at radius 2 is 1.85 bits per heavy atom. The van der Waals surface area contributed by atoms with Crippen molar-refractivity contribution in [3.05, 3.63) is 0 Å². The van der Waals surface area contributed by atoms with Gasteiger partial charge in [-0.3, -0.25) is 4.79 Å². The molecule has 2 aliphatic heterocycles. The molecule has 2 heterocycles. The van der Waals surface area contributed by atoms with E-state index >= 15 is 0 Å². The van der Waals surface area contributed by atoms with Gasteiger partial charge in [0.1, 0.15) is 5.60 Å². The molecule has 5 aliphatic rings. The summed E-state index contributed by atoms with van der Waals surface area (Å²) in [6.45, 7) is 6.46. The van der Waals surface area contributed by atoms with Crippen LogP contribution in [0, 0.1) is 22.7 Å². The van der Waals surface area contributed by atoms with Gasteiger partial charge in [-0.25, -0.2) is 0 Å². The van der Waals surface area contributed by atoms with E-state index in [0.29, 0.717) is 6.61 Å². The smallest absolute Gasteiger partial charge is 0.199 e. The van der Waals surface area contributed by atoms with Crippen LogP contribution in [-0.2, 0) is 14.3 Å². The van der Waals surface area contributed by atoms with Gasteiger partial charge >= 0.3 is 0 Å². The van der Waals surface area contributed by atoms with E-state index in [0.717, 1.165) is 6.42 Å². The molecule has 2 spiro atoms. The maximum Gasteiger partial charge on any atom is 0.199 e. The minimum Gasteiger partial charge on any atom is -0.392 e. The van der Waals surface area contributed by atoms with Crippen molar-refractivity contribution in [1.29, 1.82) is 0 Å². The number of ketones is 1. The summed E-state index contributed by atoms with van der Waals surface area (Å²) in [5, 5.41) is 21.6. The number of carbonyl (C=O) groups is 1. The quantitative estimate of drug-likeness (QED) is 0.605. The molecular weight excluding hydrogens is 260 g/mol. The Morgan fingerprint density at radius 3 is 2.45 bits per heavy atom.